The predicted molar refractivity (Wildman–Crippen MR) is 96.9 cm³/mol. The Hall–Kier alpha value is -2.82. The molecular formula is C20H24N2O3. The van der Waals surface area contributed by atoms with Crippen molar-refractivity contribution in [3.05, 3.63) is 71.3 Å². The van der Waals surface area contributed by atoms with E-state index in [1.165, 1.54) is 5.56 Å². The fraction of sp³-hybridized carbons (Fsp3) is 0.300. The molecule has 0 aliphatic rings. The number of hydrogen-bond acceptors (Lipinski definition) is 3. The Morgan fingerprint density at radius 3 is 2.32 bits per heavy atom. The number of carbonyl (C=O) groups is 2. The molecule has 0 aliphatic heterocycles. The number of nitrogens with zero attached hydrogens (tertiary/aromatic N) is 1. The lowest BCUT2D eigenvalue weighted by Crippen LogP contribution is -2.45. The summed E-state index contributed by atoms with van der Waals surface area (Å²) in [6.45, 7) is 4.33. The normalized spacial score (nSPS) is 11.5. The molecule has 0 aromatic heterocycles. The summed E-state index contributed by atoms with van der Waals surface area (Å²) in [5.41, 5.74) is 3.11. The van der Waals surface area contributed by atoms with E-state index in [2.05, 4.69) is 5.32 Å². The van der Waals surface area contributed by atoms with Gasteiger partial charge in [0.1, 0.15) is 12.6 Å². The first kappa shape index (κ1) is 18.5. The fourth-order valence-corrected chi connectivity index (χ4v) is 2.38. The van der Waals surface area contributed by atoms with Gasteiger partial charge in [-0.25, -0.2) is 4.79 Å². The van der Waals surface area contributed by atoms with Crippen LogP contribution in [0.5, 0.6) is 0 Å². The second-order valence-corrected chi connectivity index (χ2v) is 6.11. The Morgan fingerprint density at radius 1 is 1.04 bits per heavy atom. The van der Waals surface area contributed by atoms with E-state index in [0.717, 1.165) is 11.1 Å². The Morgan fingerprint density at radius 2 is 1.68 bits per heavy atom. The number of benzene rings is 2. The number of ether oxygens (including phenoxy) is 1. The highest BCUT2D eigenvalue weighted by atomic mass is 16.5. The van der Waals surface area contributed by atoms with Gasteiger partial charge in [-0.05, 0) is 25.0 Å². The first-order chi connectivity index (χ1) is 12.0. The number of nitrogens with one attached hydrogen (secondary N) is 1. The van der Waals surface area contributed by atoms with E-state index >= 15 is 0 Å². The second-order valence-electron chi connectivity index (χ2n) is 6.11. The van der Waals surface area contributed by atoms with Crippen molar-refractivity contribution in [2.45, 2.75) is 33.0 Å². The molecule has 5 heteroatoms. The molecule has 0 spiro atoms. The van der Waals surface area contributed by atoms with Crippen molar-refractivity contribution < 1.29 is 14.3 Å². The molecule has 5 nitrogen and oxygen atoms in total. The quantitative estimate of drug-likeness (QED) is 0.878. The smallest absolute Gasteiger partial charge is 0.408 e. The van der Waals surface area contributed by atoms with Crippen molar-refractivity contribution in [3.8, 4) is 0 Å². The predicted octanol–water partition coefficient (Wildman–Crippen LogP) is 3.27. The molecule has 1 atom stereocenters. The van der Waals surface area contributed by atoms with Gasteiger partial charge in [0.05, 0.1) is 0 Å². The Balaban J connectivity index is 1.80. The fourth-order valence-electron chi connectivity index (χ4n) is 2.38. The van der Waals surface area contributed by atoms with Crippen LogP contribution in [-0.4, -0.2) is 30.0 Å². The van der Waals surface area contributed by atoms with Gasteiger partial charge in [-0.15, -0.1) is 0 Å². The summed E-state index contributed by atoms with van der Waals surface area (Å²) < 4.78 is 5.14. The summed E-state index contributed by atoms with van der Waals surface area (Å²) in [4.78, 5) is 25.8. The van der Waals surface area contributed by atoms with Crippen molar-refractivity contribution in [2.75, 3.05) is 7.05 Å². The summed E-state index contributed by atoms with van der Waals surface area (Å²) in [6.07, 6.45) is -0.603. The third-order valence-corrected chi connectivity index (χ3v) is 3.83. The maximum atomic E-state index is 12.4. The van der Waals surface area contributed by atoms with Gasteiger partial charge in [-0.1, -0.05) is 60.2 Å². The summed E-state index contributed by atoms with van der Waals surface area (Å²) in [5, 5.41) is 2.57. The number of aryl methyl sites for hydroxylation is 1. The lowest BCUT2D eigenvalue weighted by atomic mass is 10.1. The molecule has 2 aromatic rings. The molecule has 0 aliphatic carbocycles. The number of rotatable bonds is 6. The van der Waals surface area contributed by atoms with Crippen LogP contribution >= 0.6 is 0 Å². The first-order valence-electron chi connectivity index (χ1n) is 8.23. The molecule has 0 heterocycles. The molecule has 2 rings (SSSR count). The van der Waals surface area contributed by atoms with Crippen LogP contribution in [0.4, 0.5) is 4.79 Å². The number of likely N-dealkylation sites (N-methyl/N-ethyl adjacent to an activating group) is 1. The molecule has 0 bridgehead atoms. The number of hydrogen-bond donors (Lipinski definition) is 1. The van der Waals surface area contributed by atoms with E-state index in [4.69, 9.17) is 4.74 Å². The van der Waals surface area contributed by atoms with Crippen LogP contribution in [0, 0.1) is 6.92 Å². The molecule has 0 saturated heterocycles. The van der Waals surface area contributed by atoms with Crippen LogP contribution < -0.4 is 5.32 Å². The molecular weight excluding hydrogens is 316 g/mol. The zero-order chi connectivity index (χ0) is 18.2. The van der Waals surface area contributed by atoms with Crippen LogP contribution in [0.1, 0.15) is 23.6 Å². The summed E-state index contributed by atoms with van der Waals surface area (Å²) >= 11 is 0. The van der Waals surface area contributed by atoms with Crippen LogP contribution in [0.2, 0.25) is 0 Å². The van der Waals surface area contributed by atoms with E-state index in [0.29, 0.717) is 6.54 Å². The van der Waals surface area contributed by atoms with E-state index in [1.54, 1.807) is 18.9 Å². The third-order valence-electron chi connectivity index (χ3n) is 3.83. The highest BCUT2D eigenvalue weighted by Crippen LogP contribution is 2.07. The molecule has 25 heavy (non-hydrogen) atoms. The standard InChI is InChI=1S/C20H24N2O3/c1-15-9-11-17(12-10-15)13-22(3)19(23)16(2)21-20(24)25-14-18-7-5-4-6-8-18/h4-12,16H,13-14H2,1-3H3,(H,21,24)/t16-/m0/s1. The Labute approximate surface area is 148 Å². The minimum Gasteiger partial charge on any atom is -0.445 e. The van der Waals surface area contributed by atoms with E-state index < -0.39 is 12.1 Å². The monoisotopic (exact) mass is 340 g/mol. The van der Waals surface area contributed by atoms with Crippen molar-refractivity contribution in [1.82, 2.24) is 10.2 Å². The van der Waals surface area contributed by atoms with Gasteiger partial charge in [0, 0.05) is 13.6 Å². The maximum Gasteiger partial charge on any atom is 0.408 e. The molecule has 0 fully saturated rings. The summed E-state index contributed by atoms with van der Waals surface area (Å²) in [6, 6.07) is 16.7. The van der Waals surface area contributed by atoms with Crippen molar-refractivity contribution in [3.63, 3.8) is 0 Å². The molecule has 0 radical (unpaired) electrons. The van der Waals surface area contributed by atoms with Gasteiger partial charge in [0.2, 0.25) is 5.91 Å². The van der Waals surface area contributed by atoms with Gasteiger partial charge < -0.3 is 15.0 Å². The molecule has 0 saturated carbocycles. The number of carbonyl (C=O) groups excluding carboxylic acids is 2. The largest absolute Gasteiger partial charge is 0.445 e. The van der Waals surface area contributed by atoms with Crippen LogP contribution in [0.15, 0.2) is 54.6 Å². The van der Waals surface area contributed by atoms with Crippen LogP contribution in [0.3, 0.4) is 0 Å². The minimum atomic E-state index is -0.654. The molecule has 1 N–H and O–H groups in total. The van der Waals surface area contributed by atoms with Crippen molar-refractivity contribution >= 4 is 12.0 Å². The summed E-state index contributed by atoms with van der Waals surface area (Å²) in [7, 11) is 1.72. The molecule has 0 unspecified atom stereocenters. The second kappa shape index (κ2) is 8.87. The zero-order valence-electron chi connectivity index (χ0n) is 14.9. The first-order valence-corrected chi connectivity index (χ1v) is 8.23. The van der Waals surface area contributed by atoms with Crippen LogP contribution in [0.25, 0.3) is 0 Å². The Bertz CT molecular complexity index is 699. The van der Waals surface area contributed by atoms with Gasteiger partial charge in [-0.2, -0.15) is 0 Å². The highest BCUT2D eigenvalue weighted by Gasteiger charge is 2.20. The molecule has 132 valence electrons. The third kappa shape index (κ3) is 5.95. The molecule has 2 amide bonds. The van der Waals surface area contributed by atoms with E-state index in [1.807, 2.05) is 61.5 Å². The highest BCUT2D eigenvalue weighted by molar-refractivity contribution is 5.85. The average Bonchev–Trinajstić information content (AvgIpc) is 2.62. The number of amides is 2. The van der Waals surface area contributed by atoms with Gasteiger partial charge >= 0.3 is 6.09 Å². The average molecular weight is 340 g/mol. The van der Waals surface area contributed by atoms with Crippen LogP contribution in [-0.2, 0) is 22.7 Å². The van der Waals surface area contributed by atoms with Gasteiger partial charge in [-0.3, -0.25) is 4.79 Å². The zero-order valence-corrected chi connectivity index (χ0v) is 14.9. The Kier molecular flexibility index (Phi) is 6.57. The lowest BCUT2D eigenvalue weighted by molar-refractivity contribution is -0.132. The topological polar surface area (TPSA) is 58.6 Å². The summed E-state index contributed by atoms with van der Waals surface area (Å²) in [5.74, 6) is -0.169. The van der Waals surface area contributed by atoms with E-state index in [-0.39, 0.29) is 12.5 Å². The number of alkyl carbamates (subject to hydrolysis) is 1. The van der Waals surface area contributed by atoms with Gasteiger partial charge in [0.25, 0.3) is 0 Å². The maximum absolute atomic E-state index is 12.4. The SMILES string of the molecule is Cc1ccc(CN(C)C(=O)[C@H](C)NC(=O)OCc2ccccc2)cc1. The van der Waals surface area contributed by atoms with E-state index in [9.17, 15) is 9.59 Å². The lowest BCUT2D eigenvalue weighted by Gasteiger charge is -2.22. The van der Waals surface area contributed by atoms with Crippen molar-refractivity contribution in [2.24, 2.45) is 0 Å². The van der Waals surface area contributed by atoms with Gasteiger partial charge in [0.15, 0.2) is 0 Å². The van der Waals surface area contributed by atoms with Crippen molar-refractivity contribution in [1.29, 1.82) is 0 Å². The minimum absolute atomic E-state index is 0.169. The molecule has 2 aromatic carbocycles.